The summed E-state index contributed by atoms with van der Waals surface area (Å²) in [7, 11) is 0. The van der Waals surface area contributed by atoms with Crippen LogP contribution in [0.15, 0.2) is 66.7 Å². The van der Waals surface area contributed by atoms with Crippen LogP contribution in [-0.2, 0) is 6.54 Å². The van der Waals surface area contributed by atoms with E-state index in [0.717, 1.165) is 33.7 Å². The Morgan fingerprint density at radius 3 is 2.62 bits per heavy atom. The molecule has 4 aromatic heterocycles. The van der Waals surface area contributed by atoms with E-state index in [1.807, 2.05) is 41.9 Å². The monoisotopic (exact) mass is 361 g/mol. The van der Waals surface area contributed by atoms with Crippen molar-refractivity contribution in [1.29, 1.82) is 0 Å². The minimum Gasteiger partial charge on any atom is -0.365 e. The van der Waals surface area contributed by atoms with Gasteiger partial charge in [0.2, 0.25) is 0 Å². The first-order chi connectivity index (χ1) is 12.9. The number of aromatic nitrogens is 5. The Bertz CT molecular complexity index is 957. The third kappa shape index (κ3) is 3.98. The van der Waals surface area contributed by atoms with Crippen molar-refractivity contribution in [2.75, 3.05) is 10.6 Å². The first-order valence-electron chi connectivity index (χ1n) is 7.95. The van der Waals surface area contributed by atoms with Crippen LogP contribution in [-0.4, -0.2) is 24.9 Å². The van der Waals surface area contributed by atoms with E-state index >= 15 is 0 Å². The minimum absolute atomic E-state index is 0.629. The SMILES string of the molecule is c1cc(Nc2ccc(CNc3cnccn3)cn2)nc(-c2nccs2)c1. The second kappa shape index (κ2) is 7.66. The van der Waals surface area contributed by atoms with Crippen molar-refractivity contribution >= 4 is 28.8 Å². The molecule has 4 heterocycles. The lowest BCUT2D eigenvalue weighted by molar-refractivity contribution is 1.07. The van der Waals surface area contributed by atoms with Gasteiger partial charge in [0.15, 0.2) is 0 Å². The predicted molar refractivity (Wildman–Crippen MR) is 102 cm³/mol. The third-order valence-electron chi connectivity index (χ3n) is 3.52. The van der Waals surface area contributed by atoms with Gasteiger partial charge >= 0.3 is 0 Å². The van der Waals surface area contributed by atoms with Crippen molar-refractivity contribution in [2.45, 2.75) is 6.54 Å². The Labute approximate surface area is 154 Å². The first kappa shape index (κ1) is 16.1. The minimum atomic E-state index is 0.629. The van der Waals surface area contributed by atoms with Crippen LogP contribution in [0.1, 0.15) is 5.56 Å². The summed E-state index contributed by atoms with van der Waals surface area (Å²) in [5.74, 6) is 2.20. The second-order valence-electron chi connectivity index (χ2n) is 5.37. The molecule has 0 aliphatic heterocycles. The van der Waals surface area contributed by atoms with Crippen LogP contribution in [0.3, 0.4) is 0 Å². The van der Waals surface area contributed by atoms with Crippen LogP contribution in [0, 0.1) is 0 Å². The molecule has 0 fully saturated rings. The third-order valence-corrected chi connectivity index (χ3v) is 4.31. The average molecular weight is 361 g/mol. The van der Waals surface area contributed by atoms with Gasteiger partial charge in [-0.25, -0.2) is 19.9 Å². The molecule has 0 saturated heterocycles. The number of rotatable bonds is 6. The van der Waals surface area contributed by atoms with Crippen LogP contribution < -0.4 is 10.6 Å². The van der Waals surface area contributed by atoms with E-state index in [1.165, 1.54) is 0 Å². The predicted octanol–water partition coefficient (Wildman–Crippen LogP) is 3.75. The summed E-state index contributed by atoms with van der Waals surface area (Å²) < 4.78 is 0. The normalized spacial score (nSPS) is 10.5. The van der Waals surface area contributed by atoms with E-state index in [1.54, 1.807) is 36.1 Å². The molecule has 4 rings (SSSR count). The number of anilines is 3. The molecule has 0 saturated carbocycles. The van der Waals surface area contributed by atoms with E-state index in [4.69, 9.17) is 0 Å². The zero-order valence-electron chi connectivity index (χ0n) is 13.7. The molecule has 0 atom stereocenters. The largest absolute Gasteiger partial charge is 0.365 e. The van der Waals surface area contributed by atoms with E-state index < -0.39 is 0 Å². The fraction of sp³-hybridized carbons (Fsp3) is 0.0556. The highest BCUT2D eigenvalue weighted by molar-refractivity contribution is 7.13. The summed E-state index contributed by atoms with van der Waals surface area (Å²) in [6.45, 7) is 0.629. The van der Waals surface area contributed by atoms with E-state index in [2.05, 4.69) is 35.6 Å². The standard InChI is InChI=1S/C18H15N7S/c1-2-14(18-21-8-9-26-18)24-16(3-1)25-15-5-4-13(10-22-15)11-23-17-12-19-6-7-20-17/h1-10,12H,11H2,(H,20,23)(H,22,24,25). The zero-order chi connectivity index (χ0) is 17.6. The van der Waals surface area contributed by atoms with Gasteiger partial charge in [0.1, 0.15) is 28.2 Å². The van der Waals surface area contributed by atoms with Crippen LogP contribution in [0.25, 0.3) is 10.7 Å². The molecule has 128 valence electrons. The fourth-order valence-electron chi connectivity index (χ4n) is 2.29. The lowest BCUT2D eigenvalue weighted by Gasteiger charge is -2.08. The van der Waals surface area contributed by atoms with Crippen LogP contribution in [0.2, 0.25) is 0 Å². The van der Waals surface area contributed by atoms with Crippen molar-refractivity contribution in [2.24, 2.45) is 0 Å². The highest BCUT2D eigenvalue weighted by Gasteiger charge is 2.04. The fourth-order valence-corrected chi connectivity index (χ4v) is 2.90. The van der Waals surface area contributed by atoms with Crippen molar-refractivity contribution in [3.63, 3.8) is 0 Å². The molecular formula is C18H15N7S. The van der Waals surface area contributed by atoms with Gasteiger partial charge in [-0.2, -0.15) is 0 Å². The molecule has 0 radical (unpaired) electrons. The molecular weight excluding hydrogens is 346 g/mol. The van der Waals surface area contributed by atoms with Crippen molar-refractivity contribution in [3.8, 4) is 10.7 Å². The Morgan fingerprint density at radius 1 is 0.846 bits per heavy atom. The van der Waals surface area contributed by atoms with Gasteiger partial charge in [-0.15, -0.1) is 11.3 Å². The molecule has 0 spiro atoms. The maximum atomic E-state index is 4.58. The number of thiazole rings is 1. The molecule has 0 amide bonds. The molecule has 8 heteroatoms. The quantitative estimate of drug-likeness (QED) is 0.541. The summed E-state index contributed by atoms with van der Waals surface area (Å²) in [5.41, 5.74) is 1.89. The molecule has 0 aliphatic rings. The topological polar surface area (TPSA) is 88.5 Å². The number of nitrogens with one attached hydrogen (secondary N) is 2. The smallest absolute Gasteiger partial charge is 0.144 e. The molecule has 0 aromatic carbocycles. The van der Waals surface area contributed by atoms with Gasteiger partial charge in [-0.05, 0) is 23.8 Å². The lowest BCUT2D eigenvalue weighted by Crippen LogP contribution is -2.03. The number of hydrogen-bond donors (Lipinski definition) is 2. The summed E-state index contributed by atoms with van der Waals surface area (Å²) >= 11 is 1.56. The second-order valence-corrected chi connectivity index (χ2v) is 6.26. The number of nitrogens with zero attached hydrogens (tertiary/aromatic N) is 5. The lowest BCUT2D eigenvalue weighted by atomic mass is 10.3. The van der Waals surface area contributed by atoms with Gasteiger partial charge in [-0.1, -0.05) is 12.1 Å². The average Bonchev–Trinajstić information content (AvgIpc) is 3.23. The summed E-state index contributed by atoms with van der Waals surface area (Å²) in [6.07, 6.45) is 8.57. The van der Waals surface area contributed by atoms with E-state index in [0.29, 0.717) is 6.54 Å². The van der Waals surface area contributed by atoms with Gasteiger partial charge in [0.05, 0.1) is 6.20 Å². The summed E-state index contributed by atoms with van der Waals surface area (Å²) in [5, 5.41) is 9.25. The highest BCUT2D eigenvalue weighted by atomic mass is 32.1. The Balaban J connectivity index is 1.40. The zero-order valence-corrected chi connectivity index (χ0v) is 14.5. The number of pyridine rings is 2. The Morgan fingerprint density at radius 2 is 1.85 bits per heavy atom. The van der Waals surface area contributed by atoms with Crippen molar-refractivity contribution < 1.29 is 0 Å². The van der Waals surface area contributed by atoms with E-state index in [-0.39, 0.29) is 0 Å². The van der Waals surface area contributed by atoms with Crippen LogP contribution >= 0.6 is 11.3 Å². The Hall–Kier alpha value is -3.39. The van der Waals surface area contributed by atoms with Crippen LogP contribution in [0.5, 0.6) is 0 Å². The molecule has 2 N–H and O–H groups in total. The van der Waals surface area contributed by atoms with Gasteiger partial charge in [0, 0.05) is 36.7 Å². The first-order valence-corrected chi connectivity index (χ1v) is 8.83. The van der Waals surface area contributed by atoms with Crippen LogP contribution in [0.4, 0.5) is 17.5 Å². The van der Waals surface area contributed by atoms with Gasteiger partial charge in [-0.3, -0.25) is 4.98 Å². The maximum Gasteiger partial charge on any atom is 0.144 e. The Kier molecular flexibility index (Phi) is 4.74. The number of hydrogen-bond acceptors (Lipinski definition) is 8. The van der Waals surface area contributed by atoms with Crippen molar-refractivity contribution in [3.05, 3.63) is 72.3 Å². The van der Waals surface area contributed by atoms with Gasteiger partial charge in [0.25, 0.3) is 0 Å². The molecule has 4 aromatic rings. The van der Waals surface area contributed by atoms with Gasteiger partial charge < -0.3 is 10.6 Å². The van der Waals surface area contributed by atoms with Crippen molar-refractivity contribution in [1.82, 2.24) is 24.9 Å². The van der Waals surface area contributed by atoms with E-state index in [9.17, 15) is 0 Å². The highest BCUT2D eigenvalue weighted by Crippen LogP contribution is 2.22. The molecule has 26 heavy (non-hydrogen) atoms. The molecule has 0 bridgehead atoms. The molecule has 0 aliphatic carbocycles. The maximum absolute atomic E-state index is 4.58. The summed E-state index contributed by atoms with van der Waals surface area (Å²) in [6, 6.07) is 9.72. The summed E-state index contributed by atoms with van der Waals surface area (Å²) in [4.78, 5) is 21.5. The molecule has 7 nitrogen and oxygen atoms in total. The molecule has 0 unspecified atom stereocenters.